The van der Waals surface area contributed by atoms with E-state index in [9.17, 15) is 0 Å². The van der Waals surface area contributed by atoms with Crippen LogP contribution in [0.2, 0.25) is 0 Å². The van der Waals surface area contributed by atoms with E-state index in [2.05, 4.69) is 25.7 Å². The molecule has 0 amide bonds. The van der Waals surface area contributed by atoms with Crippen molar-refractivity contribution in [2.45, 2.75) is 46.5 Å². The second-order valence-corrected chi connectivity index (χ2v) is 4.49. The van der Waals surface area contributed by atoms with Gasteiger partial charge in [0.25, 0.3) is 0 Å². The number of nitrogens with two attached hydrogens (primary N) is 1. The number of hydrogen-bond acceptors (Lipinski definition) is 2. The molecule has 0 aromatic rings. The first-order chi connectivity index (χ1) is 6.70. The summed E-state index contributed by atoms with van der Waals surface area (Å²) in [4.78, 5) is 2.55. The molecule has 0 bridgehead atoms. The molecule has 2 nitrogen and oxygen atoms in total. The van der Waals surface area contributed by atoms with Crippen LogP contribution in [0.5, 0.6) is 0 Å². The summed E-state index contributed by atoms with van der Waals surface area (Å²) in [6.07, 6.45) is 5.17. The van der Waals surface area contributed by atoms with E-state index in [0.717, 1.165) is 12.5 Å². The average molecular weight is 200 g/mol. The molecule has 86 valence electrons. The summed E-state index contributed by atoms with van der Waals surface area (Å²) < 4.78 is 0. The van der Waals surface area contributed by atoms with Crippen molar-refractivity contribution in [2.24, 2.45) is 11.7 Å². The van der Waals surface area contributed by atoms with E-state index in [1.165, 1.54) is 45.3 Å². The van der Waals surface area contributed by atoms with E-state index in [1.54, 1.807) is 0 Å². The van der Waals surface area contributed by atoms with Crippen molar-refractivity contribution in [1.82, 2.24) is 4.90 Å². The second-order valence-electron chi connectivity index (χ2n) is 4.49. The first-order valence-corrected chi connectivity index (χ1v) is 6.13. The lowest BCUT2D eigenvalue weighted by atomic mass is 10.1. The maximum atomic E-state index is 5.45. The average Bonchev–Trinajstić information content (AvgIpc) is 2.15. The van der Waals surface area contributed by atoms with Gasteiger partial charge in [0.15, 0.2) is 0 Å². The molecule has 14 heavy (non-hydrogen) atoms. The molecular weight excluding hydrogens is 172 g/mol. The first-order valence-electron chi connectivity index (χ1n) is 6.13. The summed E-state index contributed by atoms with van der Waals surface area (Å²) in [5.74, 6) is 0.791. The maximum Gasteiger partial charge on any atom is 0.000427 e. The zero-order valence-corrected chi connectivity index (χ0v) is 10.3. The largest absolute Gasteiger partial charge is 0.330 e. The van der Waals surface area contributed by atoms with E-state index in [0.29, 0.717) is 0 Å². The Labute approximate surface area is 89.9 Å². The Morgan fingerprint density at radius 2 is 1.71 bits per heavy atom. The first kappa shape index (κ1) is 13.9. The number of unbranched alkanes of at least 4 members (excludes halogenated alkanes) is 3. The van der Waals surface area contributed by atoms with Crippen molar-refractivity contribution in [1.29, 1.82) is 0 Å². The molecule has 0 aliphatic rings. The van der Waals surface area contributed by atoms with Crippen LogP contribution in [0.15, 0.2) is 0 Å². The van der Waals surface area contributed by atoms with Gasteiger partial charge >= 0.3 is 0 Å². The smallest absolute Gasteiger partial charge is 0.000427 e. The lowest BCUT2D eigenvalue weighted by Crippen LogP contribution is -2.28. The molecule has 2 N–H and O–H groups in total. The van der Waals surface area contributed by atoms with Crippen LogP contribution in [0.1, 0.15) is 46.5 Å². The molecule has 0 unspecified atom stereocenters. The Hall–Kier alpha value is -0.0800. The molecule has 0 radical (unpaired) electrons. The zero-order valence-electron chi connectivity index (χ0n) is 10.3. The molecule has 0 aromatic carbocycles. The number of nitrogens with zero attached hydrogens (tertiary/aromatic N) is 1. The van der Waals surface area contributed by atoms with Gasteiger partial charge < -0.3 is 10.6 Å². The SMILES string of the molecule is CCN(CCCCCCN)CC(C)C. The monoisotopic (exact) mass is 200 g/mol. The fraction of sp³-hybridized carbons (Fsp3) is 1.00. The molecule has 0 aliphatic heterocycles. The number of hydrogen-bond donors (Lipinski definition) is 1. The molecule has 0 atom stereocenters. The maximum absolute atomic E-state index is 5.45. The van der Waals surface area contributed by atoms with Gasteiger partial charge in [-0.15, -0.1) is 0 Å². The third-order valence-corrected chi connectivity index (χ3v) is 2.50. The van der Waals surface area contributed by atoms with Gasteiger partial charge in [-0.05, 0) is 38.4 Å². The third kappa shape index (κ3) is 8.52. The van der Waals surface area contributed by atoms with Gasteiger partial charge in [0, 0.05) is 6.54 Å². The van der Waals surface area contributed by atoms with Crippen LogP contribution >= 0.6 is 0 Å². The lowest BCUT2D eigenvalue weighted by molar-refractivity contribution is 0.250. The highest BCUT2D eigenvalue weighted by Gasteiger charge is 2.03. The van der Waals surface area contributed by atoms with E-state index in [-0.39, 0.29) is 0 Å². The zero-order chi connectivity index (χ0) is 10.8. The van der Waals surface area contributed by atoms with Crippen molar-refractivity contribution in [3.63, 3.8) is 0 Å². The third-order valence-electron chi connectivity index (χ3n) is 2.50. The Balaban J connectivity index is 3.33. The summed E-state index contributed by atoms with van der Waals surface area (Å²) in [5, 5.41) is 0. The molecular formula is C12H28N2. The van der Waals surface area contributed by atoms with Gasteiger partial charge in [-0.1, -0.05) is 33.6 Å². The van der Waals surface area contributed by atoms with Gasteiger partial charge in [-0.3, -0.25) is 0 Å². The molecule has 0 fully saturated rings. The topological polar surface area (TPSA) is 29.3 Å². The van der Waals surface area contributed by atoms with Crippen LogP contribution in [0.25, 0.3) is 0 Å². The molecule has 0 spiro atoms. The standard InChI is InChI=1S/C12H28N2/c1-4-14(11-12(2)3)10-8-6-5-7-9-13/h12H,4-11,13H2,1-3H3. The highest BCUT2D eigenvalue weighted by molar-refractivity contribution is 4.58. The molecule has 0 aromatic heterocycles. The van der Waals surface area contributed by atoms with Crippen molar-refractivity contribution < 1.29 is 0 Å². The summed E-state index contributed by atoms with van der Waals surface area (Å²) in [6, 6.07) is 0. The van der Waals surface area contributed by atoms with Crippen LogP contribution in [0.4, 0.5) is 0 Å². The van der Waals surface area contributed by atoms with Crippen molar-refractivity contribution >= 4 is 0 Å². The Morgan fingerprint density at radius 1 is 1.07 bits per heavy atom. The van der Waals surface area contributed by atoms with E-state index < -0.39 is 0 Å². The minimum Gasteiger partial charge on any atom is -0.330 e. The molecule has 0 heterocycles. The van der Waals surface area contributed by atoms with Gasteiger partial charge in [0.05, 0.1) is 0 Å². The summed E-state index contributed by atoms with van der Waals surface area (Å²) in [6.45, 7) is 11.4. The van der Waals surface area contributed by atoms with Gasteiger partial charge in [-0.2, -0.15) is 0 Å². The minimum absolute atomic E-state index is 0.791. The number of rotatable bonds is 9. The molecule has 0 rings (SSSR count). The molecule has 0 saturated heterocycles. The highest BCUT2D eigenvalue weighted by Crippen LogP contribution is 2.03. The Bertz CT molecular complexity index is 113. The van der Waals surface area contributed by atoms with Gasteiger partial charge in [0.2, 0.25) is 0 Å². The van der Waals surface area contributed by atoms with Gasteiger partial charge in [-0.25, -0.2) is 0 Å². The summed E-state index contributed by atoms with van der Waals surface area (Å²) >= 11 is 0. The second kappa shape index (κ2) is 9.47. The molecule has 0 saturated carbocycles. The van der Waals surface area contributed by atoms with Crippen molar-refractivity contribution in [3.8, 4) is 0 Å². The van der Waals surface area contributed by atoms with Crippen molar-refractivity contribution in [3.05, 3.63) is 0 Å². The van der Waals surface area contributed by atoms with E-state index >= 15 is 0 Å². The van der Waals surface area contributed by atoms with Crippen LogP contribution in [0.3, 0.4) is 0 Å². The molecule has 2 heteroatoms. The quantitative estimate of drug-likeness (QED) is 0.579. The van der Waals surface area contributed by atoms with Crippen molar-refractivity contribution in [2.75, 3.05) is 26.2 Å². The van der Waals surface area contributed by atoms with E-state index in [1.807, 2.05) is 0 Å². The Kier molecular flexibility index (Phi) is 9.42. The summed E-state index contributed by atoms with van der Waals surface area (Å²) in [7, 11) is 0. The normalized spacial score (nSPS) is 11.6. The molecule has 0 aliphatic carbocycles. The predicted molar refractivity (Wildman–Crippen MR) is 64.5 cm³/mol. The predicted octanol–water partition coefficient (Wildman–Crippen LogP) is 2.48. The van der Waals surface area contributed by atoms with Crippen LogP contribution in [-0.2, 0) is 0 Å². The van der Waals surface area contributed by atoms with Crippen LogP contribution in [0, 0.1) is 5.92 Å². The minimum atomic E-state index is 0.791. The Morgan fingerprint density at radius 3 is 2.21 bits per heavy atom. The summed E-state index contributed by atoms with van der Waals surface area (Å²) in [5.41, 5.74) is 5.45. The highest BCUT2D eigenvalue weighted by atomic mass is 15.1. The fourth-order valence-electron chi connectivity index (χ4n) is 1.73. The lowest BCUT2D eigenvalue weighted by Gasteiger charge is -2.22. The van der Waals surface area contributed by atoms with Gasteiger partial charge in [0.1, 0.15) is 0 Å². The fourth-order valence-corrected chi connectivity index (χ4v) is 1.73. The van der Waals surface area contributed by atoms with E-state index in [4.69, 9.17) is 5.73 Å². The van der Waals surface area contributed by atoms with Crippen LogP contribution < -0.4 is 5.73 Å². The van der Waals surface area contributed by atoms with Crippen LogP contribution in [-0.4, -0.2) is 31.1 Å².